The van der Waals surface area contributed by atoms with Gasteiger partial charge in [0.1, 0.15) is 17.2 Å². The zero-order chi connectivity index (χ0) is 26.0. The van der Waals surface area contributed by atoms with E-state index in [1.165, 1.54) is 0 Å². The monoisotopic (exact) mass is 498 g/mol. The van der Waals surface area contributed by atoms with Gasteiger partial charge in [0.2, 0.25) is 0 Å². The predicted octanol–water partition coefficient (Wildman–Crippen LogP) is 7.20. The summed E-state index contributed by atoms with van der Waals surface area (Å²) in [6, 6.07) is 7.24. The number of phenols is 2. The Balaban J connectivity index is 1.90. The molecule has 5 nitrogen and oxygen atoms in total. The van der Waals surface area contributed by atoms with Crippen LogP contribution in [0.15, 0.2) is 34.3 Å². The van der Waals surface area contributed by atoms with E-state index in [1.807, 2.05) is 39.0 Å². The second-order valence-corrected chi connectivity index (χ2v) is 11.9. The first-order valence-corrected chi connectivity index (χ1v) is 12.7. The highest BCUT2D eigenvalue weighted by atomic mass is 35.5. The molecule has 1 aliphatic carbocycles. The highest BCUT2D eigenvalue weighted by Gasteiger charge is 2.25. The molecule has 2 atom stereocenters. The molecule has 190 valence electrons. The number of hydrogen-bond donors (Lipinski definition) is 2. The number of aromatic hydroxyl groups is 2. The molecule has 2 N–H and O–H groups in total. The van der Waals surface area contributed by atoms with E-state index in [0.29, 0.717) is 21.9 Å². The van der Waals surface area contributed by atoms with E-state index in [2.05, 4.69) is 20.8 Å². The van der Waals surface area contributed by atoms with Crippen molar-refractivity contribution < 1.29 is 14.9 Å². The van der Waals surface area contributed by atoms with Crippen LogP contribution < -0.4 is 4.74 Å². The standard InChI is InChI=1S/C29H39ClN2O3/c1-28(2,3)22-14-20(30)12-18(26(22)33)16-31-24-10-8-9-11-25(24)32-17-19-13-21(35-7)15-23(27(19)34)29(4,5)6/h12-17,24-25,33-34H,8-11H2,1-7H3/t24-,25-/m1/s1. The average molecular weight is 499 g/mol. The summed E-state index contributed by atoms with van der Waals surface area (Å²) in [4.78, 5) is 9.70. The third-order valence-corrected chi connectivity index (χ3v) is 6.79. The predicted molar refractivity (Wildman–Crippen MR) is 146 cm³/mol. The van der Waals surface area contributed by atoms with Crippen LogP contribution in [0.2, 0.25) is 5.02 Å². The van der Waals surface area contributed by atoms with Gasteiger partial charge in [0, 0.05) is 39.7 Å². The van der Waals surface area contributed by atoms with E-state index in [0.717, 1.165) is 36.8 Å². The van der Waals surface area contributed by atoms with Gasteiger partial charge < -0.3 is 14.9 Å². The quantitative estimate of drug-likeness (QED) is 0.428. The number of methoxy groups -OCH3 is 1. The lowest BCUT2D eigenvalue weighted by Gasteiger charge is -2.26. The van der Waals surface area contributed by atoms with E-state index >= 15 is 0 Å². The van der Waals surface area contributed by atoms with E-state index in [1.54, 1.807) is 25.6 Å². The molecule has 0 saturated heterocycles. The van der Waals surface area contributed by atoms with Crippen molar-refractivity contribution in [2.75, 3.05) is 7.11 Å². The van der Waals surface area contributed by atoms with Crippen molar-refractivity contribution in [2.24, 2.45) is 9.98 Å². The van der Waals surface area contributed by atoms with Crippen LogP contribution >= 0.6 is 11.6 Å². The number of ether oxygens (including phenoxy) is 1. The van der Waals surface area contributed by atoms with E-state index in [-0.39, 0.29) is 34.4 Å². The fraction of sp³-hybridized carbons (Fsp3) is 0.517. The number of phenolic OH excluding ortho intramolecular Hbond substituents is 2. The van der Waals surface area contributed by atoms with Gasteiger partial charge in [0.25, 0.3) is 0 Å². The molecule has 0 aromatic heterocycles. The zero-order valence-electron chi connectivity index (χ0n) is 22.0. The van der Waals surface area contributed by atoms with Crippen molar-refractivity contribution in [3.8, 4) is 17.2 Å². The average Bonchev–Trinajstić information content (AvgIpc) is 2.77. The van der Waals surface area contributed by atoms with Gasteiger partial charge in [0.05, 0.1) is 19.2 Å². The first kappa shape index (κ1) is 27.1. The maximum atomic E-state index is 10.9. The molecule has 0 heterocycles. The van der Waals surface area contributed by atoms with Gasteiger partial charge in [0.15, 0.2) is 0 Å². The highest BCUT2D eigenvalue weighted by Crippen LogP contribution is 2.37. The number of halogens is 1. The molecular formula is C29H39ClN2O3. The molecule has 1 aliphatic rings. The van der Waals surface area contributed by atoms with Crippen LogP contribution in [-0.4, -0.2) is 41.8 Å². The molecule has 0 amide bonds. The molecule has 2 aromatic rings. The minimum Gasteiger partial charge on any atom is -0.507 e. The molecule has 2 aromatic carbocycles. The van der Waals surface area contributed by atoms with Gasteiger partial charge in [-0.25, -0.2) is 0 Å². The second-order valence-electron chi connectivity index (χ2n) is 11.5. The summed E-state index contributed by atoms with van der Waals surface area (Å²) < 4.78 is 5.47. The molecule has 6 heteroatoms. The van der Waals surface area contributed by atoms with Crippen LogP contribution in [0, 0.1) is 0 Å². The summed E-state index contributed by atoms with van der Waals surface area (Å²) in [7, 11) is 1.63. The Labute approximate surface area is 214 Å². The molecule has 0 bridgehead atoms. The van der Waals surface area contributed by atoms with Crippen LogP contribution in [0.25, 0.3) is 0 Å². The number of nitrogens with zero attached hydrogens (tertiary/aromatic N) is 2. The highest BCUT2D eigenvalue weighted by molar-refractivity contribution is 6.31. The summed E-state index contributed by atoms with van der Waals surface area (Å²) >= 11 is 6.35. The SMILES string of the molecule is COc1cc(C=N[C@@H]2CCCC[C@H]2N=Cc2cc(Cl)cc(C(C)(C)C)c2O)c(O)c(C(C)(C)C)c1. The van der Waals surface area contributed by atoms with Gasteiger partial charge in [-0.1, -0.05) is 66.0 Å². The minimum atomic E-state index is -0.236. The lowest BCUT2D eigenvalue weighted by molar-refractivity contribution is 0.389. The maximum absolute atomic E-state index is 10.9. The Kier molecular flexibility index (Phi) is 8.21. The number of benzene rings is 2. The molecule has 0 radical (unpaired) electrons. The summed E-state index contributed by atoms with van der Waals surface area (Å²) in [6.45, 7) is 12.3. The van der Waals surface area contributed by atoms with E-state index < -0.39 is 0 Å². The Morgan fingerprint density at radius 1 is 0.800 bits per heavy atom. The number of hydrogen-bond acceptors (Lipinski definition) is 5. The normalized spacial score (nSPS) is 19.5. The van der Waals surface area contributed by atoms with Crippen molar-refractivity contribution in [2.45, 2.75) is 90.1 Å². The second kappa shape index (κ2) is 10.6. The first-order valence-electron chi connectivity index (χ1n) is 12.3. The molecule has 0 unspecified atom stereocenters. The van der Waals surface area contributed by atoms with Gasteiger partial charge >= 0.3 is 0 Å². The Morgan fingerprint density at radius 3 is 1.71 bits per heavy atom. The van der Waals surface area contributed by atoms with Crippen LogP contribution in [0.3, 0.4) is 0 Å². The molecule has 0 aliphatic heterocycles. The van der Waals surface area contributed by atoms with Crippen molar-refractivity contribution in [3.05, 3.63) is 51.5 Å². The smallest absolute Gasteiger partial charge is 0.128 e. The third kappa shape index (κ3) is 6.58. The van der Waals surface area contributed by atoms with Gasteiger partial charge in [-0.3, -0.25) is 9.98 Å². The molecule has 1 fully saturated rings. The maximum Gasteiger partial charge on any atom is 0.128 e. The molecule has 3 rings (SSSR count). The summed E-state index contributed by atoms with van der Waals surface area (Å²) in [6.07, 6.45) is 7.49. The lowest BCUT2D eigenvalue weighted by atomic mass is 9.85. The van der Waals surface area contributed by atoms with Crippen molar-refractivity contribution in [3.63, 3.8) is 0 Å². The lowest BCUT2D eigenvalue weighted by Crippen LogP contribution is -2.27. The summed E-state index contributed by atoms with van der Waals surface area (Å²) in [5.41, 5.74) is 2.42. The summed E-state index contributed by atoms with van der Waals surface area (Å²) in [5, 5.41) is 22.4. The largest absolute Gasteiger partial charge is 0.507 e. The number of rotatable bonds is 5. The summed E-state index contributed by atoms with van der Waals surface area (Å²) in [5.74, 6) is 1.15. The molecule has 1 saturated carbocycles. The first-order chi connectivity index (χ1) is 16.3. The van der Waals surface area contributed by atoms with Crippen LogP contribution in [0.1, 0.15) is 89.5 Å². The van der Waals surface area contributed by atoms with Gasteiger partial charge in [-0.05, 0) is 47.9 Å². The topological polar surface area (TPSA) is 74.4 Å². The van der Waals surface area contributed by atoms with E-state index in [4.69, 9.17) is 26.3 Å². The van der Waals surface area contributed by atoms with Crippen molar-refractivity contribution >= 4 is 24.0 Å². The van der Waals surface area contributed by atoms with Crippen molar-refractivity contribution in [1.29, 1.82) is 0 Å². The third-order valence-electron chi connectivity index (χ3n) is 6.57. The van der Waals surface area contributed by atoms with Gasteiger partial charge in [-0.2, -0.15) is 0 Å². The molecular weight excluding hydrogens is 460 g/mol. The Bertz CT molecular complexity index is 1110. The van der Waals surface area contributed by atoms with Crippen LogP contribution in [-0.2, 0) is 10.8 Å². The Hall–Kier alpha value is -2.53. The zero-order valence-corrected chi connectivity index (χ0v) is 22.8. The van der Waals surface area contributed by atoms with Crippen LogP contribution in [0.4, 0.5) is 0 Å². The van der Waals surface area contributed by atoms with Gasteiger partial charge in [-0.15, -0.1) is 0 Å². The van der Waals surface area contributed by atoms with E-state index in [9.17, 15) is 10.2 Å². The Morgan fingerprint density at radius 2 is 1.26 bits per heavy atom. The fourth-order valence-electron chi connectivity index (χ4n) is 4.50. The number of aliphatic imine (C=N–C) groups is 2. The molecule has 0 spiro atoms. The minimum absolute atomic E-state index is 0.00731. The molecule has 35 heavy (non-hydrogen) atoms. The van der Waals surface area contributed by atoms with Crippen LogP contribution in [0.5, 0.6) is 17.2 Å². The van der Waals surface area contributed by atoms with Crippen molar-refractivity contribution in [1.82, 2.24) is 0 Å². The fourth-order valence-corrected chi connectivity index (χ4v) is 4.73.